The molecule has 9 nitrogen and oxygen atoms in total. The van der Waals surface area contributed by atoms with Crippen LogP contribution in [0.1, 0.15) is 78.9 Å². The molecular weight excluding hydrogens is 639 g/mol. The zero-order valence-electron chi connectivity index (χ0n) is 29.3. The number of ether oxygens (including phenoxy) is 3. The highest BCUT2D eigenvalue weighted by Gasteiger charge is 2.44. The summed E-state index contributed by atoms with van der Waals surface area (Å²) < 4.78 is 39.6. The van der Waals surface area contributed by atoms with Gasteiger partial charge in [-0.15, -0.1) is 4.36 Å². The number of carbonyl (C=O) groups excluding carboxylic acids is 2. The number of methoxy groups -OCH3 is 2. The Hall–Kier alpha value is -3.21. The van der Waals surface area contributed by atoms with E-state index in [9.17, 15) is 13.8 Å². The minimum atomic E-state index is -3.41. The zero-order chi connectivity index (χ0) is 34.3. The molecule has 2 fully saturated rings. The first kappa shape index (κ1) is 34.2. The number of benzene rings is 2. The van der Waals surface area contributed by atoms with Crippen LogP contribution >= 0.6 is 0 Å². The molecule has 2 heterocycles. The van der Waals surface area contributed by atoms with Gasteiger partial charge in [-0.1, -0.05) is 42.8 Å². The fraction of sp³-hybridized carbons (Fsp3) is 0.590. The topological polar surface area (TPSA) is 107 Å². The molecule has 7 rings (SSSR count). The normalized spacial score (nSPS) is 34.9. The van der Waals surface area contributed by atoms with Crippen LogP contribution < -0.4 is 14.4 Å². The summed E-state index contributed by atoms with van der Waals surface area (Å²) in [5.41, 5.74) is 5.06. The molecule has 10 heteroatoms. The quantitative estimate of drug-likeness (QED) is 0.383. The molecule has 2 aliphatic heterocycles. The van der Waals surface area contributed by atoms with Gasteiger partial charge in [0.25, 0.3) is 5.91 Å². The number of amides is 2. The summed E-state index contributed by atoms with van der Waals surface area (Å²) in [5, 5.41) is 0. The lowest BCUT2D eigenvalue weighted by atomic mass is 9.68. The molecule has 264 valence electrons. The largest absolute Gasteiger partial charge is 0.490 e. The molecular formula is C39H51N3O6S. The van der Waals surface area contributed by atoms with Crippen LogP contribution in [0.3, 0.4) is 0 Å². The average Bonchev–Trinajstić information content (AvgIpc) is 3.18. The van der Waals surface area contributed by atoms with Gasteiger partial charge in [-0.05, 0) is 105 Å². The molecule has 2 aromatic rings. The van der Waals surface area contributed by atoms with E-state index in [0.717, 1.165) is 56.6 Å². The molecule has 0 saturated heterocycles. The minimum Gasteiger partial charge on any atom is -0.490 e. The van der Waals surface area contributed by atoms with Crippen molar-refractivity contribution >= 4 is 27.4 Å². The van der Waals surface area contributed by atoms with Gasteiger partial charge in [0.1, 0.15) is 15.7 Å². The van der Waals surface area contributed by atoms with E-state index in [2.05, 4.69) is 51.3 Å². The number of fused-ring (bicyclic) bond motifs is 4. The van der Waals surface area contributed by atoms with Crippen molar-refractivity contribution in [2.45, 2.75) is 82.8 Å². The lowest BCUT2D eigenvalue weighted by Crippen LogP contribution is -2.49. The first-order chi connectivity index (χ1) is 23.6. The Balaban J connectivity index is 1.28. The summed E-state index contributed by atoms with van der Waals surface area (Å²) in [6.45, 7) is 6.29. The molecule has 1 spiro atoms. The minimum absolute atomic E-state index is 0.0204. The highest BCUT2D eigenvalue weighted by molar-refractivity contribution is 7.92. The van der Waals surface area contributed by atoms with Crippen LogP contribution in [-0.4, -0.2) is 67.9 Å². The summed E-state index contributed by atoms with van der Waals surface area (Å²) in [6.07, 6.45) is 11.4. The summed E-state index contributed by atoms with van der Waals surface area (Å²) in [6, 6.07) is 12.3. The third kappa shape index (κ3) is 6.93. The molecule has 0 radical (unpaired) electrons. The molecule has 6 atom stereocenters. The maximum Gasteiger partial charge on any atom is 0.286 e. The number of aryl methyl sites for hydroxylation is 2. The van der Waals surface area contributed by atoms with E-state index in [1.807, 2.05) is 19.1 Å². The predicted octanol–water partition coefficient (Wildman–Crippen LogP) is 6.17. The lowest BCUT2D eigenvalue weighted by Gasteiger charge is -2.46. The van der Waals surface area contributed by atoms with Crippen molar-refractivity contribution in [2.75, 3.05) is 44.6 Å². The van der Waals surface area contributed by atoms with E-state index in [4.69, 9.17) is 14.2 Å². The first-order valence-electron chi connectivity index (χ1n) is 18.0. The maximum atomic E-state index is 14.4. The second-order valence-corrected chi connectivity index (χ2v) is 17.3. The van der Waals surface area contributed by atoms with Crippen LogP contribution in [-0.2, 0) is 36.0 Å². The van der Waals surface area contributed by atoms with Crippen LogP contribution in [0, 0.1) is 30.6 Å². The second-order valence-electron chi connectivity index (χ2n) is 15.3. The fourth-order valence-electron chi connectivity index (χ4n) is 8.74. The van der Waals surface area contributed by atoms with Crippen LogP contribution in [0.2, 0.25) is 0 Å². The Morgan fingerprint density at radius 3 is 2.71 bits per heavy atom. The van der Waals surface area contributed by atoms with E-state index in [1.54, 1.807) is 20.3 Å². The molecule has 2 amide bonds. The number of hydrogen-bond donors (Lipinski definition) is 1. The van der Waals surface area contributed by atoms with Crippen molar-refractivity contribution < 1.29 is 28.0 Å². The van der Waals surface area contributed by atoms with Crippen LogP contribution in [0.25, 0.3) is 0 Å². The third-order valence-corrected chi connectivity index (χ3v) is 13.8. The lowest BCUT2D eigenvalue weighted by molar-refractivity contribution is -0.130. The number of hydrogen-bond acceptors (Lipinski definition) is 7. The van der Waals surface area contributed by atoms with E-state index in [1.165, 1.54) is 16.7 Å². The van der Waals surface area contributed by atoms with Crippen LogP contribution in [0.5, 0.6) is 5.75 Å². The molecule has 1 unspecified atom stereocenters. The van der Waals surface area contributed by atoms with E-state index < -0.39 is 15.8 Å². The SMILES string of the molecule is COC1CC(C(=O)NS2(=O)=NC(=O)c3ccc4c(c3)N(C[C@@H]3CC[C@H]3[C@@H](OC)/C=C/C[C@H](C)C2)C[C@@]2(CCCc3cc(C)ccc32)CO4)C1. The Kier molecular flexibility index (Phi) is 9.67. The van der Waals surface area contributed by atoms with Crippen molar-refractivity contribution in [3.8, 4) is 5.75 Å². The molecule has 1 N–H and O–H groups in total. The summed E-state index contributed by atoms with van der Waals surface area (Å²) in [5.74, 6) is 0.282. The van der Waals surface area contributed by atoms with Crippen molar-refractivity contribution in [1.82, 2.24) is 4.72 Å². The number of anilines is 1. The average molecular weight is 690 g/mol. The highest BCUT2D eigenvalue weighted by Crippen LogP contribution is 2.47. The van der Waals surface area contributed by atoms with Crippen molar-refractivity contribution in [3.05, 3.63) is 70.8 Å². The first-order valence-corrected chi connectivity index (χ1v) is 19.7. The summed E-state index contributed by atoms with van der Waals surface area (Å²) >= 11 is 0. The van der Waals surface area contributed by atoms with Gasteiger partial charge in [0, 0.05) is 44.2 Å². The Morgan fingerprint density at radius 1 is 1.12 bits per heavy atom. The number of allylic oxidation sites excluding steroid dienone is 1. The Bertz CT molecular complexity index is 1740. The van der Waals surface area contributed by atoms with Crippen molar-refractivity contribution in [3.63, 3.8) is 0 Å². The van der Waals surface area contributed by atoms with Gasteiger partial charge in [-0.2, -0.15) is 0 Å². The number of nitrogens with one attached hydrogen (secondary N) is 1. The molecule has 3 aliphatic carbocycles. The molecule has 0 aromatic heterocycles. The van der Waals surface area contributed by atoms with Gasteiger partial charge in [-0.3, -0.25) is 14.3 Å². The maximum absolute atomic E-state index is 14.4. The summed E-state index contributed by atoms with van der Waals surface area (Å²) in [4.78, 5) is 29.6. The third-order valence-electron chi connectivity index (χ3n) is 11.8. The Labute approximate surface area is 291 Å². The molecule has 2 saturated carbocycles. The van der Waals surface area contributed by atoms with Gasteiger partial charge in [0.15, 0.2) is 0 Å². The highest BCUT2D eigenvalue weighted by atomic mass is 32.2. The molecule has 5 aliphatic rings. The smallest absolute Gasteiger partial charge is 0.286 e. The van der Waals surface area contributed by atoms with E-state index >= 15 is 0 Å². The molecule has 2 aromatic carbocycles. The van der Waals surface area contributed by atoms with Gasteiger partial charge in [0.05, 0.1) is 30.3 Å². The van der Waals surface area contributed by atoms with Gasteiger partial charge in [0.2, 0.25) is 5.91 Å². The van der Waals surface area contributed by atoms with Gasteiger partial charge in [-0.25, -0.2) is 4.21 Å². The van der Waals surface area contributed by atoms with Crippen molar-refractivity contribution in [2.24, 2.45) is 28.0 Å². The van der Waals surface area contributed by atoms with Crippen molar-refractivity contribution in [1.29, 1.82) is 0 Å². The number of carbonyl (C=O) groups is 2. The predicted molar refractivity (Wildman–Crippen MR) is 191 cm³/mol. The monoisotopic (exact) mass is 689 g/mol. The van der Waals surface area contributed by atoms with E-state index in [0.29, 0.717) is 43.3 Å². The molecule has 49 heavy (non-hydrogen) atoms. The second kappa shape index (κ2) is 13.8. The Morgan fingerprint density at radius 2 is 1.96 bits per heavy atom. The zero-order valence-corrected chi connectivity index (χ0v) is 30.1. The van der Waals surface area contributed by atoms with Crippen LogP contribution in [0.15, 0.2) is 52.9 Å². The fourth-order valence-corrected chi connectivity index (χ4v) is 10.7. The van der Waals surface area contributed by atoms with Gasteiger partial charge >= 0.3 is 0 Å². The van der Waals surface area contributed by atoms with E-state index in [-0.39, 0.29) is 41.1 Å². The molecule has 2 bridgehead atoms. The number of nitrogens with zero attached hydrogens (tertiary/aromatic N) is 2. The summed E-state index contributed by atoms with van der Waals surface area (Å²) in [7, 11) is -0.000218. The number of rotatable bonds is 4. The van der Waals surface area contributed by atoms with Gasteiger partial charge < -0.3 is 19.1 Å². The van der Waals surface area contributed by atoms with Crippen LogP contribution in [0.4, 0.5) is 5.69 Å². The standard InChI is InChI=1S/C39H51N3O6S/c1-25-10-14-33-27(17-25)8-6-16-39(33)23-42-21-29-11-13-32(29)35(47-4)9-5-7-26(2)22-49(45,41-38(44)30-18-31(19-30)46-3)40-37(43)28-12-15-36(48-24-39)34(42)20-28/h5,9-10,12,14-15,17,20,26,29-32,35H,6-8,11,13,16,18-19,21-24H2,1-4H3,(H,40,41,43,44,45)/b9-5+/t26-,29-,30?,31?,32+,35-,39-,49?/m0/s1.